The van der Waals surface area contributed by atoms with Crippen LogP contribution in [0.2, 0.25) is 5.02 Å². The zero-order chi connectivity index (χ0) is 22.8. The molecule has 1 N–H and O–H groups in total. The quantitative estimate of drug-likeness (QED) is 0.324. The molecular weight excluding hydrogens is 460 g/mol. The molecule has 0 spiro atoms. The van der Waals surface area contributed by atoms with Gasteiger partial charge in [-0.15, -0.1) is 16.4 Å². The van der Waals surface area contributed by atoms with E-state index in [0.29, 0.717) is 21.8 Å². The third-order valence-corrected chi connectivity index (χ3v) is 5.84. The number of ether oxygens (including phenoxy) is 1. The van der Waals surface area contributed by atoms with Crippen molar-refractivity contribution in [3.63, 3.8) is 0 Å². The number of nitrogens with zero attached hydrogens (tertiary/aromatic N) is 5. The van der Waals surface area contributed by atoms with Crippen LogP contribution in [-0.4, -0.2) is 37.1 Å². The summed E-state index contributed by atoms with van der Waals surface area (Å²) < 4.78 is 6.90. The largest absolute Gasteiger partial charge is 0.462 e. The molecule has 0 aliphatic heterocycles. The number of carbonyl (C=O) groups is 1. The lowest BCUT2D eigenvalue weighted by molar-refractivity contribution is 0.0526. The standard InChI is InChI=1S/C23H17ClN6O2S/c1-2-32-21(31)17-12-25-19(15-6-4-3-5-7-15)26-20(17)27-22-28-23-30(29-22)18(13-33-23)14-8-10-16(24)11-9-14/h3-13H,2H2,1H3,(H,25,26,27,29). The molecule has 0 radical (unpaired) electrons. The van der Waals surface area contributed by atoms with Gasteiger partial charge < -0.3 is 10.1 Å². The fraction of sp³-hybridized carbons (Fsp3) is 0.0870. The Morgan fingerprint density at radius 3 is 2.64 bits per heavy atom. The van der Waals surface area contributed by atoms with Crippen molar-refractivity contribution in [2.75, 3.05) is 11.9 Å². The van der Waals surface area contributed by atoms with Gasteiger partial charge in [-0.1, -0.05) is 54.1 Å². The smallest absolute Gasteiger partial charge is 0.343 e. The number of thiazole rings is 1. The Hall–Kier alpha value is -3.82. The number of nitrogens with one attached hydrogen (secondary N) is 1. The number of benzene rings is 2. The van der Waals surface area contributed by atoms with Crippen LogP contribution in [0.25, 0.3) is 27.6 Å². The molecule has 2 aromatic carbocycles. The van der Waals surface area contributed by atoms with E-state index in [0.717, 1.165) is 16.8 Å². The first-order valence-electron chi connectivity index (χ1n) is 10.1. The normalized spacial score (nSPS) is 11.0. The van der Waals surface area contributed by atoms with Gasteiger partial charge >= 0.3 is 5.97 Å². The van der Waals surface area contributed by atoms with Crippen LogP contribution in [0.3, 0.4) is 0 Å². The van der Waals surface area contributed by atoms with Gasteiger partial charge in [0.1, 0.15) is 5.56 Å². The van der Waals surface area contributed by atoms with Gasteiger partial charge in [0.2, 0.25) is 10.9 Å². The third-order valence-electron chi connectivity index (χ3n) is 4.77. The summed E-state index contributed by atoms with van der Waals surface area (Å²) >= 11 is 7.47. The van der Waals surface area contributed by atoms with E-state index in [4.69, 9.17) is 16.3 Å². The lowest BCUT2D eigenvalue weighted by Gasteiger charge is -2.10. The number of anilines is 2. The zero-order valence-corrected chi connectivity index (χ0v) is 19.0. The highest BCUT2D eigenvalue weighted by Gasteiger charge is 2.19. The van der Waals surface area contributed by atoms with Crippen LogP contribution in [0.15, 0.2) is 66.2 Å². The van der Waals surface area contributed by atoms with E-state index in [1.54, 1.807) is 11.4 Å². The maximum absolute atomic E-state index is 12.5. The van der Waals surface area contributed by atoms with Gasteiger partial charge in [0, 0.05) is 27.7 Å². The van der Waals surface area contributed by atoms with Gasteiger partial charge in [0.05, 0.1) is 12.3 Å². The molecule has 0 atom stereocenters. The van der Waals surface area contributed by atoms with Gasteiger partial charge in [-0.25, -0.2) is 19.3 Å². The number of rotatable bonds is 6. The molecule has 3 heterocycles. The molecule has 0 saturated carbocycles. The molecule has 5 rings (SSSR count). The molecule has 3 aromatic heterocycles. The molecule has 5 aromatic rings. The van der Waals surface area contributed by atoms with Crippen LogP contribution >= 0.6 is 22.9 Å². The molecule has 8 nitrogen and oxygen atoms in total. The number of halogens is 1. The highest BCUT2D eigenvalue weighted by Crippen LogP contribution is 2.28. The fourth-order valence-electron chi connectivity index (χ4n) is 3.22. The fourth-order valence-corrected chi connectivity index (χ4v) is 4.18. The van der Waals surface area contributed by atoms with E-state index in [2.05, 4.69) is 25.4 Å². The molecule has 0 aliphatic rings. The minimum Gasteiger partial charge on any atom is -0.462 e. The number of carbonyl (C=O) groups excluding carboxylic acids is 1. The van der Waals surface area contributed by atoms with E-state index in [9.17, 15) is 4.79 Å². The van der Waals surface area contributed by atoms with Gasteiger partial charge in [0.25, 0.3) is 0 Å². The number of aromatic nitrogens is 5. The van der Waals surface area contributed by atoms with Crippen molar-refractivity contribution in [2.24, 2.45) is 0 Å². The minimum atomic E-state index is -0.525. The second kappa shape index (κ2) is 8.97. The number of esters is 1. The monoisotopic (exact) mass is 476 g/mol. The summed E-state index contributed by atoms with van der Waals surface area (Å²) in [4.78, 5) is 26.6. The summed E-state index contributed by atoms with van der Waals surface area (Å²) in [7, 11) is 0. The summed E-state index contributed by atoms with van der Waals surface area (Å²) in [6, 6.07) is 17.0. The first-order valence-corrected chi connectivity index (χ1v) is 11.3. The van der Waals surface area contributed by atoms with Crippen molar-refractivity contribution >= 4 is 45.6 Å². The molecule has 10 heteroatoms. The van der Waals surface area contributed by atoms with Crippen LogP contribution in [0.1, 0.15) is 17.3 Å². The van der Waals surface area contributed by atoms with Gasteiger partial charge in [-0.05, 0) is 19.1 Å². The molecule has 33 heavy (non-hydrogen) atoms. The van der Waals surface area contributed by atoms with Gasteiger partial charge in [0.15, 0.2) is 11.6 Å². The Kier molecular flexibility index (Phi) is 5.72. The molecule has 0 saturated heterocycles. The van der Waals surface area contributed by atoms with Crippen molar-refractivity contribution < 1.29 is 9.53 Å². The summed E-state index contributed by atoms with van der Waals surface area (Å²) in [6.07, 6.45) is 1.45. The Labute approximate surface area is 197 Å². The number of hydrogen-bond donors (Lipinski definition) is 1. The van der Waals surface area contributed by atoms with Crippen LogP contribution in [0.4, 0.5) is 11.8 Å². The first-order chi connectivity index (χ1) is 16.1. The molecule has 0 fully saturated rings. The molecular formula is C23H17ClN6O2S. The molecule has 164 valence electrons. The van der Waals surface area contributed by atoms with E-state index < -0.39 is 5.97 Å². The van der Waals surface area contributed by atoms with Crippen LogP contribution in [0, 0.1) is 0 Å². The number of hydrogen-bond acceptors (Lipinski definition) is 8. The average molecular weight is 477 g/mol. The molecule has 0 unspecified atom stereocenters. The SMILES string of the molecule is CCOC(=O)c1cnc(-c2ccccc2)nc1Nc1nc2scc(-c3ccc(Cl)cc3)n2n1. The Bertz CT molecular complexity index is 1430. The summed E-state index contributed by atoms with van der Waals surface area (Å²) in [6.45, 7) is 1.98. The third kappa shape index (κ3) is 4.28. The van der Waals surface area contributed by atoms with E-state index in [1.165, 1.54) is 17.5 Å². The molecule has 0 amide bonds. The van der Waals surface area contributed by atoms with Gasteiger partial charge in [-0.2, -0.15) is 4.98 Å². The van der Waals surface area contributed by atoms with E-state index >= 15 is 0 Å². The Balaban J connectivity index is 1.53. The lowest BCUT2D eigenvalue weighted by atomic mass is 10.2. The van der Waals surface area contributed by atoms with Crippen molar-refractivity contribution in [1.82, 2.24) is 24.6 Å². The van der Waals surface area contributed by atoms with Gasteiger partial charge in [-0.3, -0.25) is 0 Å². The van der Waals surface area contributed by atoms with Crippen molar-refractivity contribution in [3.8, 4) is 22.6 Å². The predicted octanol–water partition coefficient (Wildman–Crippen LogP) is 5.49. The highest BCUT2D eigenvalue weighted by atomic mass is 35.5. The Morgan fingerprint density at radius 1 is 1.09 bits per heavy atom. The van der Waals surface area contributed by atoms with Crippen molar-refractivity contribution in [1.29, 1.82) is 0 Å². The highest BCUT2D eigenvalue weighted by molar-refractivity contribution is 7.15. The summed E-state index contributed by atoms with van der Waals surface area (Å²) in [5.74, 6) is 0.519. The molecule has 0 aliphatic carbocycles. The zero-order valence-electron chi connectivity index (χ0n) is 17.4. The van der Waals surface area contributed by atoms with Crippen LogP contribution in [0.5, 0.6) is 0 Å². The van der Waals surface area contributed by atoms with Crippen molar-refractivity contribution in [3.05, 3.63) is 76.8 Å². The van der Waals surface area contributed by atoms with E-state index in [-0.39, 0.29) is 18.0 Å². The second-order valence-electron chi connectivity index (χ2n) is 6.93. The van der Waals surface area contributed by atoms with Crippen LogP contribution < -0.4 is 5.32 Å². The van der Waals surface area contributed by atoms with Crippen molar-refractivity contribution in [2.45, 2.75) is 6.92 Å². The number of fused-ring (bicyclic) bond motifs is 1. The lowest BCUT2D eigenvalue weighted by Crippen LogP contribution is -2.11. The average Bonchev–Trinajstić information content (AvgIpc) is 3.41. The second-order valence-corrected chi connectivity index (χ2v) is 8.20. The summed E-state index contributed by atoms with van der Waals surface area (Å²) in [5.41, 5.74) is 2.86. The maximum Gasteiger partial charge on any atom is 0.343 e. The van der Waals surface area contributed by atoms with Crippen LogP contribution in [-0.2, 0) is 4.74 Å². The molecule has 0 bridgehead atoms. The summed E-state index contributed by atoms with van der Waals surface area (Å²) in [5, 5.41) is 10.3. The van der Waals surface area contributed by atoms with E-state index in [1.807, 2.05) is 60.0 Å². The minimum absolute atomic E-state index is 0.201. The first kappa shape index (κ1) is 21.0. The topological polar surface area (TPSA) is 94.3 Å². The Morgan fingerprint density at radius 2 is 1.88 bits per heavy atom. The predicted molar refractivity (Wildman–Crippen MR) is 128 cm³/mol. The maximum atomic E-state index is 12.5.